The summed E-state index contributed by atoms with van der Waals surface area (Å²) in [4.78, 5) is 18.9. The van der Waals surface area contributed by atoms with Crippen molar-refractivity contribution in [3.63, 3.8) is 0 Å². The first-order valence-corrected chi connectivity index (χ1v) is 12.1. The lowest BCUT2D eigenvalue weighted by Crippen LogP contribution is -2.36. The molecule has 0 aliphatic carbocycles. The van der Waals surface area contributed by atoms with Crippen LogP contribution in [0.15, 0.2) is 33.7 Å². The van der Waals surface area contributed by atoms with Crippen LogP contribution in [0.2, 0.25) is 0 Å². The van der Waals surface area contributed by atoms with E-state index in [9.17, 15) is 13.2 Å². The number of hydrogen-bond acceptors (Lipinski definition) is 7. The van der Waals surface area contributed by atoms with Gasteiger partial charge in [-0.1, -0.05) is 29.8 Å². The molecule has 1 aliphatic heterocycles. The van der Waals surface area contributed by atoms with E-state index in [1.54, 1.807) is 24.3 Å². The molecule has 0 radical (unpaired) electrons. The number of aromatic nitrogens is 2. The first-order chi connectivity index (χ1) is 14.3. The van der Waals surface area contributed by atoms with E-state index in [0.29, 0.717) is 6.54 Å². The number of amides is 1. The number of nitrogens with zero attached hydrogens (tertiary/aromatic N) is 3. The third kappa shape index (κ3) is 6.37. The highest BCUT2D eigenvalue weighted by Gasteiger charge is 2.19. The highest BCUT2D eigenvalue weighted by molar-refractivity contribution is 7.91. The quantitative estimate of drug-likeness (QED) is 0.603. The third-order valence-electron chi connectivity index (χ3n) is 5.31. The Labute approximate surface area is 178 Å². The van der Waals surface area contributed by atoms with Gasteiger partial charge in [-0.05, 0) is 57.3 Å². The Morgan fingerprint density at radius 1 is 1.30 bits per heavy atom. The monoisotopic (exact) mass is 434 g/mol. The van der Waals surface area contributed by atoms with Gasteiger partial charge in [-0.3, -0.25) is 4.79 Å². The molecular weight excluding hydrogens is 404 g/mol. The molecule has 1 aromatic heterocycles. The van der Waals surface area contributed by atoms with Gasteiger partial charge in [-0.15, -0.1) is 0 Å². The molecule has 164 valence electrons. The van der Waals surface area contributed by atoms with Gasteiger partial charge in [-0.2, -0.15) is 4.98 Å². The van der Waals surface area contributed by atoms with Crippen molar-refractivity contribution in [1.29, 1.82) is 0 Å². The first-order valence-electron chi connectivity index (χ1n) is 10.5. The Hall–Kier alpha value is -2.26. The van der Waals surface area contributed by atoms with Crippen LogP contribution in [0.4, 0.5) is 0 Å². The average molecular weight is 435 g/mol. The number of carbonyl (C=O) groups excluding carboxylic acids is 1. The van der Waals surface area contributed by atoms with Gasteiger partial charge in [0.15, 0.2) is 15.7 Å². The molecule has 1 fully saturated rings. The van der Waals surface area contributed by atoms with Gasteiger partial charge >= 0.3 is 11.8 Å². The summed E-state index contributed by atoms with van der Waals surface area (Å²) in [5.41, 5.74) is 0.994. The lowest BCUT2D eigenvalue weighted by molar-refractivity contribution is 0.0906. The van der Waals surface area contributed by atoms with E-state index in [-0.39, 0.29) is 28.8 Å². The van der Waals surface area contributed by atoms with Gasteiger partial charge in [0.2, 0.25) is 0 Å². The number of benzene rings is 1. The predicted octanol–water partition coefficient (Wildman–Crippen LogP) is 2.25. The molecule has 1 unspecified atom stereocenters. The number of sulfone groups is 1. The summed E-state index contributed by atoms with van der Waals surface area (Å²) in [6.07, 6.45) is 3.46. The minimum Gasteiger partial charge on any atom is -0.348 e. The molecule has 1 amide bonds. The van der Waals surface area contributed by atoms with Gasteiger partial charge in [0.05, 0.1) is 10.6 Å². The maximum Gasteiger partial charge on any atom is 0.315 e. The Balaban J connectivity index is 1.42. The van der Waals surface area contributed by atoms with Crippen LogP contribution < -0.4 is 5.32 Å². The normalized spacial score (nSPS) is 17.7. The van der Waals surface area contributed by atoms with Crippen LogP contribution >= 0.6 is 0 Å². The summed E-state index contributed by atoms with van der Waals surface area (Å²) in [5.74, 6) is 0.231. The molecule has 2 heterocycles. The van der Waals surface area contributed by atoms with Crippen LogP contribution in [0.1, 0.15) is 48.3 Å². The molecule has 8 nitrogen and oxygen atoms in total. The van der Waals surface area contributed by atoms with E-state index >= 15 is 0 Å². The van der Waals surface area contributed by atoms with Crippen molar-refractivity contribution in [2.24, 2.45) is 5.92 Å². The van der Waals surface area contributed by atoms with Gasteiger partial charge in [0.1, 0.15) is 0 Å². The number of carbonyl (C=O) groups is 1. The largest absolute Gasteiger partial charge is 0.348 e. The number of hydrogen-bond donors (Lipinski definition) is 1. The Kier molecular flexibility index (Phi) is 7.60. The average Bonchev–Trinajstić information content (AvgIpc) is 3.19. The number of aryl methyl sites for hydroxylation is 2. The predicted molar refractivity (Wildman–Crippen MR) is 113 cm³/mol. The molecule has 9 heteroatoms. The Bertz CT molecular complexity index is 940. The van der Waals surface area contributed by atoms with Crippen molar-refractivity contribution in [1.82, 2.24) is 20.4 Å². The zero-order valence-electron chi connectivity index (χ0n) is 17.6. The van der Waals surface area contributed by atoms with E-state index in [2.05, 4.69) is 27.3 Å². The lowest BCUT2D eigenvalue weighted by Gasteiger charge is -2.30. The molecular formula is C21H30N4O4S. The van der Waals surface area contributed by atoms with Crippen LogP contribution in [0, 0.1) is 12.8 Å². The number of likely N-dealkylation sites (tertiary alicyclic amines) is 1. The fourth-order valence-corrected chi connectivity index (χ4v) is 4.84. The molecule has 0 saturated carbocycles. The highest BCUT2D eigenvalue weighted by atomic mass is 32.2. The van der Waals surface area contributed by atoms with Crippen LogP contribution in [-0.4, -0.2) is 61.3 Å². The summed E-state index contributed by atoms with van der Waals surface area (Å²) in [6.45, 7) is 7.90. The summed E-state index contributed by atoms with van der Waals surface area (Å²) in [7, 11) is -3.45. The van der Waals surface area contributed by atoms with E-state index in [0.717, 1.165) is 37.5 Å². The van der Waals surface area contributed by atoms with E-state index in [1.165, 1.54) is 12.8 Å². The SMILES string of the molecule is Cc1ccc(S(=O)(=O)CCc2noc(C(=O)NCCCN3CCCC(C)C3)n2)cc1. The van der Waals surface area contributed by atoms with E-state index < -0.39 is 15.7 Å². The lowest BCUT2D eigenvalue weighted by atomic mass is 10.0. The molecule has 0 bridgehead atoms. The van der Waals surface area contributed by atoms with Crippen molar-refractivity contribution in [2.45, 2.75) is 44.4 Å². The zero-order chi connectivity index (χ0) is 21.6. The van der Waals surface area contributed by atoms with Crippen molar-refractivity contribution >= 4 is 15.7 Å². The summed E-state index contributed by atoms with van der Waals surface area (Å²) < 4.78 is 29.8. The van der Waals surface area contributed by atoms with Crippen LogP contribution in [0.25, 0.3) is 0 Å². The van der Waals surface area contributed by atoms with E-state index in [4.69, 9.17) is 4.52 Å². The topological polar surface area (TPSA) is 105 Å². The second-order valence-electron chi connectivity index (χ2n) is 8.06. The Morgan fingerprint density at radius 2 is 2.07 bits per heavy atom. The maximum atomic E-state index is 12.4. The molecule has 3 rings (SSSR count). The van der Waals surface area contributed by atoms with Crippen molar-refractivity contribution < 1.29 is 17.7 Å². The minimum atomic E-state index is -3.45. The smallest absolute Gasteiger partial charge is 0.315 e. The Morgan fingerprint density at radius 3 is 2.80 bits per heavy atom. The van der Waals surface area contributed by atoms with Gasteiger partial charge in [-0.25, -0.2) is 8.42 Å². The van der Waals surface area contributed by atoms with Gasteiger partial charge < -0.3 is 14.7 Å². The van der Waals surface area contributed by atoms with Crippen LogP contribution in [0.5, 0.6) is 0 Å². The maximum absolute atomic E-state index is 12.4. The van der Waals surface area contributed by atoms with Crippen molar-refractivity contribution in [3.05, 3.63) is 41.5 Å². The number of rotatable bonds is 9. The molecule has 1 saturated heterocycles. The zero-order valence-corrected chi connectivity index (χ0v) is 18.5. The van der Waals surface area contributed by atoms with Crippen LogP contribution in [0.3, 0.4) is 0 Å². The van der Waals surface area contributed by atoms with E-state index in [1.807, 2.05) is 6.92 Å². The fraction of sp³-hybridized carbons (Fsp3) is 0.571. The van der Waals surface area contributed by atoms with Crippen molar-refractivity contribution in [2.75, 3.05) is 31.9 Å². The standard InChI is InChI=1S/C21H30N4O4S/c1-16-6-8-18(9-7-16)30(27,28)14-10-19-23-21(29-24-19)20(26)22-11-4-13-25-12-3-5-17(2)15-25/h6-9,17H,3-5,10-15H2,1-2H3,(H,22,26). The highest BCUT2D eigenvalue weighted by Crippen LogP contribution is 2.15. The molecule has 1 aliphatic rings. The summed E-state index contributed by atoms with van der Waals surface area (Å²) >= 11 is 0. The first kappa shape index (κ1) is 22.4. The molecule has 1 aromatic carbocycles. The third-order valence-corrected chi connectivity index (χ3v) is 7.05. The molecule has 30 heavy (non-hydrogen) atoms. The van der Waals surface area contributed by atoms with Crippen LogP contribution in [-0.2, 0) is 16.3 Å². The molecule has 1 N–H and O–H groups in total. The number of piperidine rings is 1. The summed E-state index contributed by atoms with van der Waals surface area (Å²) in [5, 5.41) is 6.52. The fourth-order valence-electron chi connectivity index (χ4n) is 3.61. The minimum absolute atomic E-state index is 0.0835. The second-order valence-corrected chi connectivity index (χ2v) is 10.2. The molecule has 1 atom stereocenters. The molecule has 0 spiro atoms. The van der Waals surface area contributed by atoms with Gasteiger partial charge in [0, 0.05) is 19.5 Å². The summed E-state index contributed by atoms with van der Waals surface area (Å²) in [6, 6.07) is 6.69. The number of nitrogens with one attached hydrogen (secondary N) is 1. The second kappa shape index (κ2) is 10.2. The molecule has 2 aromatic rings. The van der Waals surface area contributed by atoms with Gasteiger partial charge in [0.25, 0.3) is 0 Å². The van der Waals surface area contributed by atoms with Crippen molar-refractivity contribution in [3.8, 4) is 0 Å².